The summed E-state index contributed by atoms with van der Waals surface area (Å²) in [5.74, 6) is 0.682. The van der Waals surface area contributed by atoms with E-state index in [9.17, 15) is 0 Å². The second-order valence-corrected chi connectivity index (χ2v) is 4.80. The molecule has 3 heterocycles. The van der Waals surface area contributed by atoms with Crippen molar-refractivity contribution in [2.75, 3.05) is 0 Å². The Kier molecular flexibility index (Phi) is 2.14. The molecular formula is C14H12N6. The normalized spacial score (nSPS) is 11.5. The first-order chi connectivity index (χ1) is 9.72. The van der Waals surface area contributed by atoms with Crippen LogP contribution in [0.25, 0.3) is 33.5 Å². The Labute approximate surface area is 114 Å². The van der Waals surface area contributed by atoms with Gasteiger partial charge in [-0.05, 0) is 18.2 Å². The van der Waals surface area contributed by atoms with Crippen LogP contribution in [0, 0.1) is 0 Å². The van der Waals surface area contributed by atoms with Crippen molar-refractivity contribution in [1.29, 1.82) is 0 Å². The van der Waals surface area contributed by atoms with Crippen LogP contribution in [-0.2, 0) is 14.1 Å². The number of rotatable bonds is 1. The maximum Gasteiger partial charge on any atom is 0.181 e. The van der Waals surface area contributed by atoms with Crippen LogP contribution in [0.15, 0.2) is 36.9 Å². The Morgan fingerprint density at radius 2 is 1.90 bits per heavy atom. The molecule has 6 heteroatoms. The standard InChI is InChI=1S/C14H12N6/c1-19-8-16-14-12(19)7-15-13(18-14)9-3-4-11-10(5-9)6-17-20(11)2/h3-8H,1-2H3. The highest BCUT2D eigenvalue weighted by atomic mass is 15.2. The Morgan fingerprint density at radius 1 is 1.00 bits per heavy atom. The SMILES string of the molecule is Cn1cnc2nc(-c3ccc4c(cnn4C)c3)ncc21. The maximum absolute atomic E-state index is 4.51. The second kappa shape index (κ2) is 3.86. The summed E-state index contributed by atoms with van der Waals surface area (Å²) in [6.07, 6.45) is 5.39. The number of nitrogens with zero attached hydrogens (tertiary/aromatic N) is 6. The van der Waals surface area contributed by atoms with Gasteiger partial charge in [0, 0.05) is 25.0 Å². The highest BCUT2D eigenvalue weighted by molar-refractivity contribution is 5.84. The topological polar surface area (TPSA) is 61.4 Å². The lowest BCUT2D eigenvalue weighted by Gasteiger charge is -2.01. The zero-order valence-electron chi connectivity index (χ0n) is 11.1. The van der Waals surface area contributed by atoms with E-state index in [2.05, 4.69) is 20.1 Å². The average molecular weight is 264 g/mol. The third kappa shape index (κ3) is 1.51. The quantitative estimate of drug-likeness (QED) is 0.527. The molecule has 0 spiro atoms. The van der Waals surface area contributed by atoms with E-state index in [4.69, 9.17) is 0 Å². The molecule has 0 aliphatic rings. The fourth-order valence-corrected chi connectivity index (χ4v) is 2.36. The van der Waals surface area contributed by atoms with Crippen molar-refractivity contribution in [3.63, 3.8) is 0 Å². The van der Waals surface area contributed by atoms with Gasteiger partial charge >= 0.3 is 0 Å². The summed E-state index contributed by atoms with van der Waals surface area (Å²) in [6, 6.07) is 6.09. The molecule has 6 nitrogen and oxygen atoms in total. The number of aromatic nitrogens is 6. The lowest BCUT2D eigenvalue weighted by atomic mass is 10.1. The number of hydrogen-bond donors (Lipinski definition) is 0. The Bertz CT molecular complexity index is 855. The molecule has 98 valence electrons. The number of aryl methyl sites for hydroxylation is 2. The zero-order chi connectivity index (χ0) is 13.7. The highest BCUT2D eigenvalue weighted by Crippen LogP contribution is 2.22. The van der Waals surface area contributed by atoms with Crippen molar-refractivity contribution < 1.29 is 0 Å². The van der Waals surface area contributed by atoms with E-state index in [0.717, 1.165) is 22.0 Å². The van der Waals surface area contributed by atoms with Gasteiger partial charge in [-0.3, -0.25) is 4.68 Å². The van der Waals surface area contributed by atoms with Crippen LogP contribution in [0.4, 0.5) is 0 Å². The van der Waals surface area contributed by atoms with Gasteiger partial charge in [0.25, 0.3) is 0 Å². The number of fused-ring (bicyclic) bond motifs is 2. The van der Waals surface area contributed by atoms with Crippen molar-refractivity contribution in [2.24, 2.45) is 14.1 Å². The molecule has 0 radical (unpaired) electrons. The van der Waals surface area contributed by atoms with Crippen molar-refractivity contribution >= 4 is 22.1 Å². The minimum Gasteiger partial charge on any atom is -0.331 e. The fraction of sp³-hybridized carbons (Fsp3) is 0.143. The molecule has 0 bridgehead atoms. The molecule has 0 saturated heterocycles. The molecule has 0 aliphatic carbocycles. The van der Waals surface area contributed by atoms with E-state index in [1.54, 1.807) is 12.5 Å². The lowest BCUT2D eigenvalue weighted by molar-refractivity contribution is 0.797. The van der Waals surface area contributed by atoms with Gasteiger partial charge < -0.3 is 4.57 Å². The molecule has 20 heavy (non-hydrogen) atoms. The number of imidazole rings is 1. The van der Waals surface area contributed by atoms with Crippen LogP contribution in [0.1, 0.15) is 0 Å². The van der Waals surface area contributed by atoms with Gasteiger partial charge in [-0.1, -0.05) is 0 Å². The summed E-state index contributed by atoms with van der Waals surface area (Å²) in [7, 11) is 3.86. The first-order valence-corrected chi connectivity index (χ1v) is 6.28. The molecule has 4 aromatic rings. The Morgan fingerprint density at radius 3 is 2.80 bits per heavy atom. The second-order valence-electron chi connectivity index (χ2n) is 4.80. The Hall–Kier alpha value is -2.76. The van der Waals surface area contributed by atoms with Crippen molar-refractivity contribution in [2.45, 2.75) is 0 Å². The minimum absolute atomic E-state index is 0.682. The van der Waals surface area contributed by atoms with E-state index in [1.807, 2.05) is 47.7 Å². The monoisotopic (exact) mass is 264 g/mol. The van der Waals surface area contributed by atoms with Crippen LogP contribution in [0.5, 0.6) is 0 Å². The zero-order valence-corrected chi connectivity index (χ0v) is 11.1. The summed E-state index contributed by atoms with van der Waals surface area (Å²) in [5, 5.41) is 5.32. The molecule has 0 N–H and O–H groups in total. The van der Waals surface area contributed by atoms with Crippen molar-refractivity contribution in [1.82, 2.24) is 29.3 Å². The smallest absolute Gasteiger partial charge is 0.181 e. The summed E-state index contributed by atoms with van der Waals surface area (Å²) in [4.78, 5) is 13.2. The molecular weight excluding hydrogens is 252 g/mol. The van der Waals surface area contributed by atoms with Crippen LogP contribution in [-0.4, -0.2) is 29.3 Å². The first-order valence-electron chi connectivity index (χ1n) is 6.28. The maximum atomic E-state index is 4.51. The van der Waals surface area contributed by atoms with Crippen molar-refractivity contribution in [3.8, 4) is 11.4 Å². The predicted molar refractivity (Wildman–Crippen MR) is 76.0 cm³/mol. The average Bonchev–Trinajstić information content (AvgIpc) is 3.03. The van der Waals surface area contributed by atoms with Gasteiger partial charge in [0.05, 0.1) is 24.2 Å². The molecule has 4 rings (SSSR count). The Balaban J connectivity index is 1.91. The number of hydrogen-bond acceptors (Lipinski definition) is 4. The van der Waals surface area contributed by atoms with Crippen LogP contribution < -0.4 is 0 Å². The van der Waals surface area contributed by atoms with Gasteiger partial charge in [-0.25, -0.2) is 15.0 Å². The molecule has 0 aliphatic heterocycles. The molecule has 1 aromatic carbocycles. The summed E-state index contributed by atoms with van der Waals surface area (Å²) >= 11 is 0. The van der Waals surface area contributed by atoms with Gasteiger partial charge in [-0.2, -0.15) is 5.10 Å². The van der Waals surface area contributed by atoms with E-state index in [0.29, 0.717) is 11.5 Å². The summed E-state index contributed by atoms with van der Waals surface area (Å²) < 4.78 is 3.76. The highest BCUT2D eigenvalue weighted by Gasteiger charge is 2.08. The van der Waals surface area contributed by atoms with Crippen molar-refractivity contribution in [3.05, 3.63) is 36.9 Å². The van der Waals surface area contributed by atoms with E-state index in [1.165, 1.54) is 0 Å². The van der Waals surface area contributed by atoms with Crippen LogP contribution in [0.3, 0.4) is 0 Å². The van der Waals surface area contributed by atoms with Gasteiger partial charge in [0.1, 0.15) is 5.52 Å². The van der Waals surface area contributed by atoms with E-state index in [-0.39, 0.29) is 0 Å². The van der Waals surface area contributed by atoms with E-state index >= 15 is 0 Å². The lowest BCUT2D eigenvalue weighted by Crippen LogP contribution is -1.92. The van der Waals surface area contributed by atoms with Gasteiger partial charge in [0.15, 0.2) is 11.5 Å². The molecule has 0 amide bonds. The third-order valence-electron chi connectivity index (χ3n) is 3.49. The summed E-state index contributed by atoms with van der Waals surface area (Å²) in [6.45, 7) is 0. The van der Waals surface area contributed by atoms with E-state index < -0.39 is 0 Å². The first kappa shape index (κ1) is 11.1. The molecule has 0 atom stereocenters. The van der Waals surface area contributed by atoms with Crippen LogP contribution >= 0.6 is 0 Å². The number of benzene rings is 1. The van der Waals surface area contributed by atoms with Gasteiger partial charge in [0.2, 0.25) is 0 Å². The predicted octanol–water partition coefficient (Wildman–Crippen LogP) is 1.92. The fourth-order valence-electron chi connectivity index (χ4n) is 2.36. The molecule has 3 aromatic heterocycles. The third-order valence-corrected chi connectivity index (χ3v) is 3.49. The summed E-state index contributed by atoms with van der Waals surface area (Å²) in [5.41, 5.74) is 3.70. The molecule has 0 fully saturated rings. The minimum atomic E-state index is 0.682. The largest absolute Gasteiger partial charge is 0.331 e. The molecule has 0 unspecified atom stereocenters. The van der Waals surface area contributed by atoms with Gasteiger partial charge in [-0.15, -0.1) is 0 Å². The van der Waals surface area contributed by atoms with Crippen LogP contribution in [0.2, 0.25) is 0 Å². The molecule has 0 saturated carbocycles.